The van der Waals surface area contributed by atoms with E-state index in [4.69, 9.17) is 5.26 Å². The molecule has 11 heavy (non-hydrogen) atoms. The van der Waals surface area contributed by atoms with Crippen molar-refractivity contribution in [3.63, 3.8) is 0 Å². The van der Waals surface area contributed by atoms with Gasteiger partial charge >= 0.3 is 0 Å². The zero-order chi connectivity index (χ0) is 8.27. The molecule has 1 rings (SSSR count). The zero-order valence-corrected chi connectivity index (χ0v) is 7.18. The number of hydrogen-bond donors (Lipinski definition) is 1. The minimum Gasteiger partial charge on any atom is -0.347 e. The van der Waals surface area contributed by atoms with E-state index in [1.165, 1.54) is 0 Å². The molecule has 0 spiro atoms. The van der Waals surface area contributed by atoms with Gasteiger partial charge in [0.05, 0.1) is 22.8 Å². The van der Waals surface area contributed by atoms with E-state index in [0.29, 0.717) is 12.0 Å². The average molecular weight is 213 g/mol. The predicted molar refractivity (Wildman–Crippen MR) is 43.2 cm³/mol. The molecule has 1 aromatic heterocycles. The molecule has 0 amide bonds. The van der Waals surface area contributed by atoms with Gasteiger partial charge in [0.2, 0.25) is 0 Å². The number of nitrogens with one attached hydrogen (secondary N) is 1. The Kier molecular flexibility index (Phi) is 2.44. The Labute approximate surface area is 72.2 Å². The van der Waals surface area contributed by atoms with Gasteiger partial charge in [-0.1, -0.05) is 0 Å². The average Bonchev–Trinajstić information content (AvgIpc) is 2.32. The van der Waals surface area contributed by atoms with Crippen LogP contribution in [0.1, 0.15) is 16.1 Å². The third-order valence-corrected chi connectivity index (χ3v) is 1.72. The highest BCUT2D eigenvalue weighted by Gasteiger charge is 2.04. The van der Waals surface area contributed by atoms with E-state index in [0.717, 1.165) is 10.2 Å². The van der Waals surface area contributed by atoms with Gasteiger partial charge in [-0.2, -0.15) is 5.26 Å². The van der Waals surface area contributed by atoms with Crippen LogP contribution in [0.3, 0.4) is 0 Å². The molecular formula is C7H5BrN2O. The van der Waals surface area contributed by atoms with Crippen LogP contribution in [0.2, 0.25) is 0 Å². The predicted octanol–water partition coefficient (Wildman–Crippen LogP) is 1.66. The van der Waals surface area contributed by atoms with E-state index in [1.54, 1.807) is 6.07 Å². The minimum atomic E-state index is 0.260. The number of nitrogens with zero attached hydrogens (tertiary/aromatic N) is 1. The van der Waals surface area contributed by atoms with Gasteiger partial charge in [0.15, 0.2) is 6.29 Å². The van der Waals surface area contributed by atoms with Crippen LogP contribution in [-0.2, 0) is 6.42 Å². The van der Waals surface area contributed by atoms with Gasteiger partial charge in [0.1, 0.15) is 0 Å². The second-order valence-corrected chi connectivity index (χ2v) is 2.86. The lowest BCUT2D eigenvalue weighted by Crippen LogP contribution is -1.86. The molecule has 3 nitrogen and oxygen atoms in total. The summed E-state index contributed by atoms with van der Waals surface area (Å²) in [6.45, 7) is 0. The number of halogens is 1. The maximum atomic E-state index is 10.4. The highest BCUT2D eigenvalue weighted by atomic mass is 79.9. The summed E-state index contributed by atoms with van der Waals surface area (Å²) in [7, 11) is 0. The molecule has 1 N–H and O–H groups in total. The van der Waals surface area contributed by atoms with Crippen molar-refractivity contribution in [1.82, 2.24) is 4.98 Å². The number of carbonyl (C=O) groups excluding carboxylic acids is 1. The van der Waals surface area contributed by atoms with Gasteiger partial charge in [-0.3, -0.25) is 4.79 Å². The van der Waals surface area contributed by atoms with Gasteiger partial charge in [0.25, 0.3) is 0 Å². The number of aromatic amines is 1. The molecule has 0 radical (unpaired) electrons. The number of rotatable bonds is 2. The smallest absolute Gasteiger partial charge is 0.166 e. The lowest BCUT2D eigenvalue weighted by molar-refractivity contribution is 0.111. The standard InChI is InChI=1S/C7H5BrN2O/c8-7-3-5(1-2-9)6(4-11)10-7/h3-4,10H,1H2. The minimum absolute atomic E-state index is 0.260. The lowest BCUT2D eigenvalue weighted by atomic mass is 10.2. The molecule has 1 heterocycles. The molecule has 0 saturated heterocycles. The molecule has 0 aliphatic carbocycles. The number of aldehydes is 1. The fourth-order valence-corrected chi connectivity index (χ4v) is 1.30. The summed E-state index contributed by atoms with van der Waals surface area (Å²) in [5.41, 5.74) is 1.20. The summed E-state index contributed by atoms with van der Waals surface area (Å²) < 4.78 is 0.727. The molecule has 4 heteroatoms. The Morgan fingerprint density at radius 1 is 1.82 bits per heavy atom. The van der Waals surface area contributed by atoms with Crippen molar-refractivity contribution in [2.24, 2.45) is 0 Å². The molecular weight excluding hydrogens is 208 g/mol. The quantitative estimate of drug-likeness (QED) is 0.759. The third kappa shape index (κ3) is 1.69. The van der Waals surface area contributed by atoms with Crippen LogP contribution < -0.4 is 0 Å². The van der Waals surface area contributed by atoms with Gasteiger partial charge in [-0.15, -0.1) is 0 Å². The summed E-state index contributed by atoms with van der Waals surface area (Å²) in [5.74, 6) is 0. The van der Waals surface area contributed by atoms with Crippen LogP contribution in [0.25, 0.3) is 0 Å². The summed E-state index contributed by atoms with van der Waals surface area (Å²) in [6, 6.07) is 3.70. The highest BCUT2D eigenvalue weighted by Crippen LogP contribution is 2.14. The Hall–Kier alpha value is -1.08. The largest absolute Gasteiger partial charge is 0.347 e. The monoisotopic (exact) mass is 212 g/mol. The molecule has 1 aromatic rings. The van der Waals surface area contributed by atoms with E-state index >= 15 is 0 Å². The van der Waals surface area contributed by atoms with Gasteiger partial charge in [-0.25, -0.2) is 0 Å². The van der Waals surface area contributed by atoms with Gasteiger partial charge in [0, 0.05) is 0 Å². The number of aromatic nitrogens is 1. The Morgan fingerprint density at radius 3 is 3.09 bits per heavy atom. The fourth-order valence-electron chi connectivity index (χ4n) is 0.812. The third-order valence-electron chi connectivity index (χ3n) is 1.29. The maximum Gasteiger partial charge on any atom is 0.166 e. The molecule has 0 aromatic carbocycles. The van der Waals surface area contributed by atoms with Crippen LogP contribution in [0, 0.1) is 11.3 Å². The van der Waals surface area contributed by atoms with E-state index < -0.39 is 0 Å². The highest BCUT2D eigenvalue weighted by molar-refractivity contribution is 9.10. The van der Waals surface area contributed by atoms with Crippen molar-refractivity contribution in [2.75, 3.05) is 0 Å². The fraction of sp³-hybridized carbons (Fsp3) is 0.143. The lowest BCUT2D eigenvalue weighted by Gasteiger charge is -1.85. The van der Waals surface area contributed by atoms with Crippen LogP contribution >= 0.6 is 15.9 Å². The van der Waals surface area contributed by atoms with E-state index in [-0.39, 0.29) is 6.42 Å². The number of carbonyl (C=O) groups is 1. The van der Waals surface area contributed by atoms with Crippen molar-refractivity contribution < 1.29 is 4.79 Å². The first-order valence-corrected chi connectivity index (χ1v) is 3.76. The molecule has 0 unspecified atom stereocenters. The molecule has 0 aliphatic rings. The topological polar surface area (TPSA) is 56.6 Å². The van der Waals surface area contributed by atoms with Crippen LogP contribution in [0.15, 0.2) is 10.7 Å². The van der Waals surface area contributed by atoms with Crippen LogP contribution in [0.5, 0.6) is 0 Å². The second-order valence-electron chi connectivity index (χ2n) is 2.01. The van der Waals surface area contributed by atoms with Crippen molar-refractivity contribution in [3.8, 4) is 6.07 Å². The SMILES string of the molecule is N#CCc1cc(Br)[nH]c1C=O. The van der Waals surface area contributed by atoms with E-state index in [1.807, 2.05) is 6.07 Å². The number of hydrogen-bond acceptors (Lipinski definition) is 2. The zero-order valence-electron chi connectivity index (χ0n) is 5.60. The number of nitriles is 1. The van der Waals surface area contributed by atoms with Crippen LogP contribution in [-0.4, -0.2) is 11.3 Å². The maximum absolute atomic E-state index is 10.4. The van der Waals surface area contributed by atoms with Crippen molar-refractivity contribution >= 4 is 22.2 Å². The first-order valence-electron chi connectivity index (χ1n) is 2.97. The molecule has 0 aliphatic heterocycles. The summed E-state index contributed by atoms with van der Waals surface area (Å²) in [5, 5.41) is 8.35. The molecule has 56 valence electrons. The Balaban J connectivity index is 3.03. The molecule has 0 saturated carbocycles. The Morgan fingerprint density at radius 2 is 2.55 bits per heavy atom. The summed E-state index contributed by atoms with van der Waals surface area (Å²) in [6.07, 6.45) is 0.966. The second kappa shape index (κ2) is 3.35. The number of H-pyrrole nitrogens is 1. The first-order chi connectivity index (χ1) is 5.27. The Bertz CT molecular complexity index is 311. The van der Waals surface area contributed by atoms with Crippen molar-refractivity contribution in [3.05, 3.63) is 21.9 Å². The van der Waals surface area contributed by atoms with E-state index in [9.17, 15) is 4.79 Å². The van der Waals surface area contributed by atoms with Crippen LogP contribution in [0.4, 0.5) is 0 Å². The molecule has 0 bridgehead atoms. The molecule has 0 atom stereocenters. The first kappa shape index (κ1) is 8.02. The van der Waals surface area contributed by atoms with Crippen molar-refractivity contribution in [1.29, 1.82) is 5.26 Å². The normalized spacial score (nSPS) is 9.09. The van der Waals surface area contributed by atoms with Gasteiger partial charge in [-0.05, 0) is 27.6 Å². The van der Waals surface area contributed by atoms with Gasteiger partial charge < -0.3 is 4.98 Å². The molecule has 0 fully saturated rings. The van der Waals surface area contributed by atoms with Crippen molar-refractivity contribution in [2.45, 2.75) is 6.42 Å². The van der Waals surface area contributed by atoms with E-state index in [2.05, 4.69) is 20.9 Å². The summed E-state index contributed by atoms with van der Waals surface area (Å²) >= 11 is 3.17. The summed E-state index contributed by atoms with van der Waals surface area (Å²) in [4.78, 5) is 13.1.